The Balaban J connectivity index is 2.18. The van der Waals surface area contributed by atoms with Crippen LogP contribution >= 0.6 is 0 Å². The highest BCUT2D eigenvalue weighted by Gasteiger charge is 2.31. The van der Waals surface area contributed by atoms with E-state index in [9.17, 15) is 4.79 Å². The molecule has 4 nitrogen and oxygen atoms in total. The molecule has 1 aromatic heterocycles. The molecule has 0 radical (unpaired) electrons. The molecule has 2 unspecified atom stereocenters. The van der Waals surface area contributed by atoms with Crippen molar-refractivity contribution in [3.63, 3.8) is 0 Å². The van der Waals surface area contributed by atoms with Crippen molar-refractivity contribution in [1.82, 2.24) is 9.47 Å². The topological polar surface area (TPSA) is 51.3 Å². The molecule has 0 aromatic carbocycles. The second-order valence-electron chi connectivity index (χ2n) is 5.52. The highest BCUT2D eigenvalue weighted by atomic mass is 16.2. The molecule has 2 rings (SSSR count). The van der Waals surface area contributed by atoms with E-state index < -0.39 is 0 Å². The van der Waals surface area contributed by atoms with Gasteiger partial charge in [0.15, 0.2) is 0 Å². The fourth-order valence-electron chi connectivity index (χ4n) is 2.60. The minimum Gasteiger partial charge on any atom is -0.397 e. The van der Waals surface area contributed by atoms with Crippen LogP contribution in [0.3, 0.4) is 0 Å². The van der Waals surface area contributed by atoms with Gasteiger partial charge in [0, 0.05) is 25.8 Å². The number of carbonyl (C=O) groups is 1. The quantitative estimate of drug-likeness (QED) is 0.893. The van der Waals surface area contributed by atoms with Gasteiger partial charge in [-0.2, -0.15) is 0 Å². The van der Waals surface area contributed by atoms with Gasteiger partial charge in [-0.25, -0.2) is 0 Å². The summed E-state index contributed by atoms with van der Waals surface area (Å²) in [6.45, 7) is 9.07. The first-order chi connectivity index (χ1) is 8.52. The molecule has 0 saturated carbocycles. The van der Waals surface area contributed by atoms with Gasteiger partial charge < -0.3 is 15.2 Å². The van der Waals surface area contributed by atoms with Crippen molar-refractivity contribution < 1.29 is 4.79 Å². The predicted octanol–water partition coefficient (Wildman–Crippen LogP) is 2.21. The number of hydrogen-bond acceptors (Lipinski definition) is 2. The summed E-state index contributed by atoms with van der Waals surface area (Å²) in [5.74, 6) is 1.29. The van der Waals surface area contributed by atoms with Crippen LogP contribution in [0.5, 0.6) is 0 Å². The van der Waals surface area contributed by atoms with Crippen molar-refractivity contribution in [2.45, 2.75) is 33.7 Å². The van der Waals surface area contributed by atoms with Crippen LogP contribution in [-0.4, -0.2) is 28.5 Å². The Morgan fingerprint density at radius 3 is 2.56 bits per heavy atom. The van der Waals surface area contributed by atoms with Crippen molar-refractivity contribution in [2.75, 3.05) is 18.8 Å². The molecule has 1 aliphatic rings. The van der Waals surface area contributed by atoms with E-state index in [1.165, 1.54) is 0 Å². The molecule has 1 amide bonds. The van der Waals surface area contributed by atoms with Gasteiger partial charge >= 0.3 is 0 Å². The van der Waals surface area contributed by atoms with Crippen LogP contribution in [-0.2, 0) is 6.54 Å². The molecule has 0 aliphatic carbocycles. The van der Waals surface area contributed by atoms with E-state index in [1.807, 2.05) is 15.7 Å². The Morgan fingerprint density at radius 2 is 2.00 bits per heavy atom. The molecule has 1 saturated heterocycles. The largest absolute Gasteiger partial charge is 0.397 e. The number of nitrogen functional groups attached to an aromatic ring is 1. The second kappa shape index (κ2) is 5.04. The van der Waals surface area contributed by atoms with Crippen LogP contribution in [0.2, 0.25) is 0 Å². The number of amides is 1. The normalized spacial score (nSPS) is 23.6. The molecular formula is C14H23N3O. The highest BCUT2D eigenvalue weighted by molar-refractivity contribution is 5.94. The number of nitrogens with two attached hydrogens (primary N) is 1. The van der Waals surface area contributed by atoms with E-state index >= 15 is 0 Å². The van der Waals surface area contributed by atoms with E-state index in [0.717, 1.165) is 31.7 Å². The van der Waals surface area contributed by atoms with Crippen molar-refractivity contribution in [1.29, 1.82) is 0 Å². The molecule has 1 aromatic rings. The van der Waals surface area contributed by atoms with Gasteiger partial charge in [-0.15, -0.1) is 0 Å². The zero-order chi connectivity index (χ0) is 13.3. The summed E-state index contributed by atoms with van der Waals surface area (Å²) >= 11 is 0. The van der Waals surface area contributed by atoms with E-state index in [4.69, 9.17) is 5.73 Å². The minimum atomic E-state index is 0.122. The predicted molar refractivity (Wildman–Crippen MR) is 73.4 cm³/mol. The third-order valence-corrected chi connectivity index (χ3v) is 3.88. The van der Waals surface area contributed by atoms with Crippen molar-refractivity contribution in [2.24, 2.45) is 11.8 Å². The van der Waals surface area contributed by atoms with Crippen LogP contribution in [0, 0.1) is 11.8 Å². The second-order valence-corrected chi connectivity index (χ2v) is 5.52. The summed E-state index contributed by atoms with van der Waals surface area (Å²) in [7, 11) is 0. The maximum atomic E-state index is 12.5. The zero-order valence-electron chi connectivity index (χ0n) is 11.5. The SMILES string of the molecule is CCCn1cc(N)cc1C(=O)N1CC(C)C(C)C1. The molecule has 4 heteroatoms. The molecular weight excluding hydrogens is 226 g/mol. The number of aryl methyl sites for hydroxylation is 1. The molecule has 0 bridgehead atoms. The number of rotatable bonds is 3. The summed E-state index contributed by atoms with van der Waals surface area (Å²) in [5, 5.41) is 0. The van der Waals surface area contributed by atoms with E-state index in [2.05, 4.69) is 20.8 Å². The Bertz CT molecular complexity index is 428. The average Bonchev–Trinajstić information content (AvgIpc) is 2.83. The summed E-state index contributed by atoms with van der Waals surface area (Å²) in [4.78, 5) is 14.5. The Morgan fingerprint density at radius 1 is 1.39 bits per heavy atom. The first kappa shape index (κ1) is 13.0. The molecule has 2 N–H and O–H groups in total. The minimum absolute atomic E-state index is 0.122. The summed E-state index contributed by atoms with van der Waals surface area (Å²) in [5.41, 5.74) is 7.21. The maximum Gasteiger partial charge on any atom is 0.270 e. The van der Waals surface area contributed by atoms with Crippen LogP contribution in [0.4, 0.5) is 5.69 Å². The third kappa shape index (κ3) is 2.37. The molecule has 2 heterocycles. The van der Waals surface area contributed by atoms with E-state index in [1.54, 1.807) is 6.07 Å². The number of aromatic nitrogens is 1. The third-order valence-electron chi connectivity index (χ3n) is 3.88. The fourth-order valence-corrected chi connectivity index (χ4v) is 2.60. The summed E-state index contributed by atoms with van der Waals surface area (Å²) in [6.07, 6.45) is 2.86. The number of nitrogens with zero attached hydrogens (tertiary/aromatic N) is 2. The smallest absolute Gasteiger partial charge is 0.270 e. The molecule has 2 atom stereocenters. The van der Waals surface area contributed by atoms with Gasteiger partial charge in [-0.05, 0) is 24.3 Å². The monoisotopic (exact) mass is 249 g/mol. The maximum absolute atomic E-state index is 12.5. The Labute approximate surface area is 109 Å². The molecule has 1 fully saturated rings. The molecule has 18 heavy (non-hydrogen) atoms. The van der Waals surface area contributed by atoms with Crippen molar-refractivity contribution >= 4 is 11.6 Å². The average molecular weight is 249 g/mol. The standard InChI is InChI=1S/C14H23N3O/c1-4-5-16-9-12(15)6-13(16)14(18)17-7-10(2)11(3)8-17/h6,9-11H,4-5,7-8,15H2,1-3H3. The lowest BCUT2D eigenvalue weighted by Crippen LogP contribution is -2.30. The number of anilines is 1. The highest BCUT2D eigenvalue weighted by Crippen LogP contribution is 2.24. The Kier molecular flexibility index (Phi) is 3.64. The number of likely N-dealkylation sites (tertiary alicyclic amines) is 1. The van der Waals surface area contributed by atoms with Crippen LogP contribution in [0.15, 0.2) is 12.3 Å². The van der Waals surface area contributed by atoms with Crippen LogP contribution < -0.4 is 5.73 Å². The van der Waals surface area contributed by atoms with Gasteiger partial charge in [0.1, 0.15) is 5.69 Å². The van der Waals surface area contributed by atoms with Gasteiger partial charge in [0.25, 0.3) is 5.91 Å². The number of carbonyl (C=O) groups excluding carboxylic acids is 1. The number of hydrogen-bond donors (Lipinski definition) is 1. The van der Waals surface area contributed by atoms with Crippen molar-refractivity contribution in [3.05, 3.63) is 18.0 Å². The first-order valence-electron chi connectivity index (χ1n) is 6.77. The van der Waals surface area contributed by atoms with E-state index in [-0.39, 0.29) is 5.91 Å². The molecule has 1 aliphatic heterocycles. The first-order valence-corrected chi connectivity index (χ1v) is 6.77. The summed E-state index contributed by atoms with van der Waals surface area (Å²) < 4.78 is 1.98. The Hall–Kier alpha value is -1.45. The van der Waals surface area contributed by atoms with Gasteiger partial charge in [0.2, 0.25) is 0 Å². The van der Waals surface area contributed by atoms with Gasteiger partial charge in [-0.1, -0.05) is 20.8 Å². The molecule has 0 spiro atoms. The lowest BCUT2D eigenvalue weighted by molar-refractivity contribution is 0.0774. The fraction of sp³-hybridized carbons (Fsp3) is 0.643. The lowest BCUT2D eigenvalue weighted by Gasteiger charge is -2.17. The lowest BCUT2D eigenvalue weighted by atomic mass is 10.0. The zero-order valence-corrected chi connectivity index (χ0v) is 11.5. The van der Waals surface area contributed by atoms with Crippen molar-refractivity contribution in [3.8, 4) is 0 Å². The van der Waals surface area contributed by atoms with Gasteiger partial charge in [0.05, 0.1) is 5.69 Å². The van der Waals surface area contributed by atoms with Crippen LogP contribution in [0.25, 0.3) is 0 Å². The van der Waals surface area contributed by atoms with Gasteiger partial charge in [-0.3, -0.25) is 4.79 Å². The molecule has 100 valence electrons. The summed E-state index contributed by atoms with van der Waals surface area (Å²) in [6, 6.07) is 1.80. The van der Waals surface area contributed by atoms with Crippen LogP contribution in [0.1, 0.15) is 37.7 Å². The van der Waals surface area contributed by atoms with E-state index in [0.29, 0.717) is 17.5 Å².